The number of nitrogens with zero attached hydrogens (tertiary/aromatic N) is 3. The van der Waals surface area contributed by atoms with Crippen LogP contribution in [0.4, 0.5) is 11.4 Å². The predicted molar refractivity (Wildman–Crippen MR) is 112 cm³/mol. The first-order valence-corrected chi connectivity index (χ1v) is 9.60. The van der Waals surface area contributed by atoms with Gasteiger partial charge in [0, 0.05) is 24.7 Å². The molecular weight excluding hydrogens is 448 g/mol. The molecular formula is C19H18BrClN4O3. The minimum absolute atomic E-state index is 0.00197. The van der Waals surface area contributed by atoms with Gasteiger partial charge in [0.15, 0.2) is 0 Å². The van der Waals surface area contributed by atoms with Crippen molar-refractivity contribution in [3.05, 3.63) is 74.2 Å². The molecule has 0 fully saturated rings. The maximum atomic E-state index is 12.0. The van der Waals surface area contributed by atoms with Crippen LogP contribution in [0.5, 0.6) is 5.88 Å². The first-order valence-electron chi connectivity index (χ1n) is 8.43. The highest BCUT2D eigenvalue weighted by atomic mass is 79.9. The second-order valence-electron chi connectivity index (χ2n) is 6.09. The molecule has 0 radical (unpaired) electrons. The van der Waals surface area contributed by atoms with Crippen LogP contribution in [0.15, 0.2) is 58.1 Å². The molecule has 0 spiro atoms. The number of anilines is 2. The van der Waals surface area contributed by atoms with Gasteiger partial charge in [-0.3, -0.25) is 9.78 Å². The maximum absolute atomic E-state index is 12.0. The minimum atomic E-state index is -0.759. The Hall–Kier alpha value is -2.42. The van der Waals surface area contributed by atoms with E-state index in [4.69, 9.17) is 16.3 Å². The molecule has 28 heavy (non-hydrogen) atoms. The summed E-state index contributed by atoms with van der Waals surface area (Å²) < 4.78 is 6.00. The number of halogens is 2. The number of hydrogen-bond donors (Lipinski definition) is 2. The van der Waals surface area contributed by atoms with Crippen LogP contribution in [0, 0.1) is 0 Å². The summed E-state index contributed by atoms with van der Waals surface area (Å²) in [4.78, 5) is 17.8. The monoisotopic (exact) mass is 464 g/mol. The molecule has 3 rings (SSSR count). The van der Waals surface area contributed by atoms with E-state index < -0.39 is 6.10 Å². The summed E-state index contributed by atoms with van der Waals surface area (Å²) in [5.74, 6) is 0.188. The normalized spacial score (nSPS) is 11.9. The molecule has 7 nitrogen and oxygen atoms in total. The lowest BCUT2D eigenvalue weighted by Gasteiger charge is -2.22. The highest BCUT2D eigenvalue weighted by Crippen LogP contribution is 2.34. The largest absolute Gasteiger partial charge is 0.472 e. The van der Waals surface area contributed by atoms with E-state index in [1.54, 1.807) is 42.5 Å². The van der Waals surface area contributed by atoms with Crippen molar-refractivity contribution in [2.24, 2.45) is 0 Å². The van der Waals surface area contributed by atoms with Crippen LogP contribution >= 0.6 is 27.5 Å². The van der Waals surface area contributed by atoms with Crippen molar-refractivity contribution in [1.82, 2.24) is 15.2 Å². The van der Waals surface area contributed by atoms with Crippen LogP contribution in [0.3, 0.4) is 0 Å². The van der Waals surface area contributed by atoms with Crippen molar-refractivity contribution in [2.45, 2.75) is 12.5 Å². The Morgan fingerprint density at radius 1 is 1.32 bits per heavy atom. The second kappa shape index (κ2) is 9.18. The van der Waals surface area contributed by atoms with Crippen molar-refractivity contribution >= 4 is 38.9 Å². The van der Waals surface area contributed by atoms with Gasteiger partial charge in [0.05, 0.1) is 18.0 Å². The van der Waals surface area contributed by atoms with Crippen molar-refractivity contribution < 1.29 is 9.84 Å². The summed E-state index contributed by atoms with van der Waals surface area (Å²) in [5, 5.41) is 17.3. The number of H-pyrrole nitrogens is 1. The third kappa shape index (κ3) is 4.89. The van der Waals surface area contributed by atoms with E-state index >= 15 is 0 Å². The van der Waals surface area contributed by atoms with Gasteiger partial charge in [-0.05, 0) is 45.8 Å². The zero-order valence-electron chi connectivity index (χ0n) is 15.0. The summed E-state index contributed by atoms with van der Waals surface area (Å²) >= 11 is 9.17. The molecule has 1 unspecified atom stereocenters. The summed E-state index contributed by atoms with van der Waals surface area (Å²) in [5.41, 5.74) is 1.74. The molecule has 9 heteroatoms. The number of ether oxygens (including phenoxy) is 1. The third-order valence-corrected chi connectivity index (χ3v) is 5.02. The molecule has 2 heterocycles. The van der Waals surface area contributed by atoms with Gasteiger partial charge in [-0.25, -0.2) is 5.10 Å². The Morgan fingerprint density at radius 2 is 2.07 bits per heavy atom. The number of nitrogens with one attached hydrogen (secondary N) is 1. The summed E-state index contributed by atoms with van der Waals surface area (Å²) in [6, 6.07) is 10.9. The molecule has 2 aromatic heterocycles. The van der Waals surface area contributed by atoms with Crippen LogP contribution in [-0.4, -0.2) is 40.0 Å². The average Bonchev–Trinajstić information content (AvgIpc) is 2.71. The van der Waals surface area contributed by atoms with Crippen LogP contribution in [0.1, 0.15) is 5.56 Å². The zero-order chi connectivity index (χ0) is 20.1. The fraction of sp³-hybridized carbons (Fsp3) is 0.211. The number of aliphatic hydroxyl groups is 1. The number of rotatable bonds is 7. The lowest BCUT2D eigenvalue weighted by Crippen LogP contribution is -2.24. The smallest absolute Gasteiger partial charge is 0.280 e. The second-order valence-corrected chi connectivity index (χ2v) is 7.32. The van der Waals surface area contributed by atoms with Gasteiger partial charge in [0.2, 0.25) is 0 Å². The van der Waals surface area contributed by atoms with E-state index in [2.05, 4.69) is 31.1 Å². The Labute approximate surface area is 175 Å². The van der Waals surface area contributed by atoms with Gasteiger partial charge in [0.1, 0.15) is 16.8 Å². The van der Waals surface area contributed by atoms with E-state index in [1.807, 2.05) is 18.2 Å². The van der Waals surface area contributed by atoms with Crippen LogP contribution < -0.4 is 15.2 Å². The van der Waals surface area contributed by atoms with Gasteiger partial charge in [-0.2, -0.15) is 0 Å². The van der Waals surface area contributed by atoms with Crippen molar-refractivity contribution in [1.29, 1.82) is 0 Å². The number of benzene rings is 1. The van der Waals surface area contributed by atoms with Crippen LogP contribution in [0.25, 0.3) is 0 Å². The number of pyridine rings is 1. The van der Waals surface area contributed by atoms with E-state index in [1.165, 1.54) is 0 Å². The van der Waals surface area contributed by atoms with Gasteiger partial charge in [-0.15, -0.1) is 5.10 Å². The van der Waals surface area contributed by atoms with Gasteiger partial charge in [-0.1, -0.05) is 23.7 Å². The number of aromatic nitrogens is 3. The lowest BCUT2D eigenvalue weighted by molar-refractivity contribution is 0.105. The number of aromatic amines is 1. The lowest BCUT2D eigenvalue weighted by atomic mass is 10.1. The molecule has 0 saturated heterocycles. The minimum Gasteiger partial charge on any atom is -0.472 e. The van der Waals surface area contributed by atoms with E-state index in [0.29, 0.717) is 17.1 Å². The molecule has 2 N–H and O–H groups in total. The van der Waals surface area contributed by atoms with Crippen LogP contribution in [-0.2, 0) is 6.42 Å². The molecule has 0 aliphatic carbocycles. The molecule has 1 aromatic carbocycles. The van der Waals surface area contributed by atoms with Gasteiger partial charge < -0.3 is 14.7 Å². The van der Waals surface area contributed by atoms with Crippen LogP contribution in [0.2, 0.25) is 5.02 Å². The number of hydrogen-bond acceptors (Lipinski definition) is 6. The summed E-state index contributed by atoms with van der Waals surface area (Å²) in [6.07, 6.45) is 2.96. The Bertz CT molecular complexity index is 983. The predicted octanol–water partition coefficient (Wildman–Crippen LogP) is 3.33. The molecule has 0 aliphatic heterocycles. The summed E-state index contributed by atoms with van der Waals surface area (Å²) in [6.45, 7) is 0.00197. The van der Waals surface area contributed by atoms with Gasteiger partial charge in [0.25, 0.3) is 11.4 Å². The highest BCUT2D eigenvalue weighted by molar-refractivity contribution is 9.10. The fourth-order valence-corrected chi connectivity index (χ4v) is 3.25. The quantitative estimate of drug-likeness (QED) is 0.556. The molecule has 0 bridgehead atoms. The Balaban J connectivity index is 1.77. The molecule has 146 valence electrons. The van der Waals surface area contributed by atoms with Crippen molar-refractivity contribution in [3.8, 4) is 5.88 Å². The van der Waals surface area contributed by atoms with E-state index in [0.717, 1.165) is 11.3 Å². The Morgan fingerprint density at radius 3 is 2.75 bits per heavy atom. The molecule has 0 aliphatic rings. The first-order chi connectivity index (χ1) is 13.5. The highest BCUT2D eigenvalue weighted by Gasteiger charge is 2.20. The van der Waals surface area contributed by atoms with Crippen molar-refractivity contribution in [3.63, 3.8) is 0 Å². The standard InChI is InChI=1S/C19H18BrClN4O3/c1-25(14-3-2-8-22-10-14)17-16(20)18(27)23-24-19(17)28-11-15(26)9-12-4-6-13(21)7-5-12/h2-8,10,15,26H,9,11H2,1H3,(H,23,27). The summed E-state index contributed by atoms with van der Waals surface area (Å²) in [7, 11) is 1.77. The zero-order valence-corrected chi connectivity index (χ0v) is 17.3. The molecule has 3 aromatic rings. The van der Waals surface area contributed by atoms with E-state index in [9.17, 15) is 9.90 Å². The topological polar surface area (TPSA) is 91.3 Å². The first kappa shape index (κ1) is 20.3. The number of aliphatic hydroxyl groups excluding tert-OH is 1. The molecule has 0 saturated carbocycles. The molecule has 0 amide bonds. The van der Waals surface area contributed by atoms with Gasteiger partial charge >= 0.3 is 0 Å². The Kier molecular flexibility index (Phi) is 6.66. The van der Waals surface area contributed by atoms with Crippen molar-refractivity contribution in [2.75, 3.05) is 18.6 Å². The fourth-order valence-electron chi connectivity index (χ4n) is 2.60. The van der Waals surface area contributed by atoms with E-state index in [-0.39, 0.29) is 22.5 Å². The maximum Gasteiger partial charge on any atom is 0.280 e. The SMILES string of the molecule is CN(c1cccnc1)c1c(OCC(O)Cc2ccc(Cl)cc2)n[nH]c(=O)c1Br. The molecule has 1 atom stereocenters. The average molecular weight is 466 g/mol. The third-order valence-electron chi connectivity index (χ3n) is 4.03.